The molecule has 6 heteroatoms. The van der Waals surface area contributed by atoms with Crippen LogP contribution in [0.5, 0.6) is 0 Å². The molecule has 5 nitrogen and oxygen atoms in total. The van der Waals surface area contributed by atoms with Gasteiger partial charge in [0.2, 0.25) is 0 Å². The zero-order chi connectivity index (χ0) is 15.9. The Hall–Kier alpha value is -2.53. The first-order valence-electron chi connectivity index (χ1n) is 6.67. The molecule has 0 fully saturated rings. The fraction of sp³-hybridized carbons (Fsp3) is 0.125. The molecule has 0 aliphatic rings. The SMILES string of the molecule is CN(Cc1cccc(Cl)c1)C(=O)NNC(=O)c1ccccc1. The number of urea groups is 1. The number of rotatable bonds is 3. The normalized spacial score (nSPS) is 9.91. The van der Waals surface area contributed by atoms with Crippen molar-refractivity contribution in [3.8, 4) is 0 Å². The van der Waals surface area contributed by atoms with Crippen molar-refractivity contribution in [1.29, 1.82) is 0 Å². The van der Waals surface area contributed by atoms with E-state index in [0.717, 1.165) is 5.56 Å². The van der Waals surface area contributed by atoms with Crippen molar-refractivity contribution in [3.63, 3.8) is 0 Å². The fourth-order valence-corrected chi connectivity index (χ4v) is 2.06. The summed E-state index contributed by atoms with van der Waals surface area (Å²) < 4.78 is 0. The van der Waals surface area contributed by atoms with Gasteiger partial charge in [0, 0.05) is 24.2 Å². The van der Waals surface area contributed by atoms with Crippen LogP contribution in [0.15, 0.2) is 54.6 Å². The molecule has 114 valence electrons. The molecule has 2 aromatic carbocycles. The zero-order valence-electron chi connectivity index (χ0n) is 12.0. The van der Waals surface area contributed by atoms with Crippen molar-refractivity contribution < 1.29 is 9.59 Å². The monoisotopic (exact) mass is 317 g/mol. The van der Waals surface area contributed by atoms with E-state index in [1.54, 1.807) is 43.4 Å². The van der Waals surface area contributed by atoms with Gasteiger partial charge < -0.3 is 4.90 Å². The quantitative estimate of drug-likeness (QED) is 0.855. The van der Waals surface area contributed by atoms with E-state index >= 15 is 0 Å². The third kappa shape index (κ3) is 4.49. The molecular formula is C16H16ClN3O2. The molecule has 0 saturated heterocycles. The number of nitrogens with one attached hydrogen (secondary N) is 2. The van der Waals surface area contributed by atoms with Gasteiger partial charge in [-0.2, -0.15) is 0 Å². The molecule has 0 aliphatic carbocycles. The van der Waals surface area contributed by atoms with E-state index in [0.29, 0.717) is 17.1 Å². The molecular weight excluding hydrogens is 302 g/mol. The summed E-state index contributed by atoms with van der Waals surface area (Å²) in [4.78, 5) is 25.2. The highest BCUT2D eigenvalue weighted by Gasteiger charge is 2.11. The van der Waals surface area contributed by atoms with E-state index in [-0.39, 0.29) is 5.91 Å². The minimum atomic E-state index is -0.413. The van der Waals surface area contributed by atoms with Crippen molar-refractivity contribution in [2.45, 2.75) is 6.54 Å². The zero-order valence-corrected chi connectivity index (χ0v) is 12.8. The second-order valence-electron chi connectivity index (χ2n) is 4.74. The minimum Gasteiger partial charge on any atom is -0.322 e. The number of nitrogens with zero attached hydrogens (tertiary/aromatic N) is 1. The predicted molar refractivity (Wildman–Crippen MR) is 85.4 cm³/mol. The summed E-state index contributed by atoms with van der Waals surface area (Å²) in [5.41, 5.74) is 6.12. The molecule has 0 heterocycles. The summed E-state index contributed by atoms with van der Waals surface area (Å²) in [5, 5.41) is 0.615. The van der Waals surface area contributed by atoms with E-state index < -0.39 is 6.03 Å². The van der Waals surface area contributed by atoms with Gasteiger partial charge in [0.15, 0.2) is 0 Å². The molecule has 0 saturated carbocycles. The number of hydrogen-bond donors (Lipinski definition) is 2. The molecule has 0 radical (unpaired) electrons. The Labute approximate surface area is 133 Å². The highest BCUT2D eigenvalue weighted by Crippen LogP contribution is 2.12. The molecule has 0 unspecified atom stereocenters. The molecule has 3 amide bonds. The molecule has 2 aromatic rings. The van der Waals surface area contributed by atoms with Crippen molar-refractivity contribution >= 4 is 23.5 Å². The lowest BCUT2D eigenvalue weighted by Gasteiger charge is -2.18. The average molecular weight is 318 g/mol. The van der Waals surface area contributed by atoms with Crippen LogP contribution in [0.4, 0.5) is 4.79 Å². The summed E-state index contributed by atoms with van der Waals surface area (Å²) in [7, 11) is 1.63. The van der Waals surface area contributed by atoms with Gasteiger partial charge in [0.1, 0.15) is 0 Å². The van der Waals surface area contributed by atoms with Gasteiger partial charge in [-0.1, -0.05) is 41.9 Å². The van der Waals surface area contributed by atoms with Crippen LogP contribution in [-0.4, -0.2) is 23.9 Å². The molecule has 2 N–H and O–H groups in total. The Balaban J connectivity index is 1.85. The average Bonchev–Trinajstić information content (AvgIpc) is 2.53. The lowest BCUT2D eigenvalue weighted by Crippen LogP contribution is -2.47. The third-order valence-electron chi connectivity index (χ3n) is 2.97. The van der Waals surface area contributed by atoms with E-state index in [2.05, 4.69) is 10.9 Å². The van der Waals surface area contributed by atoms with E-state index in [9.17, 15) is 9.59 Å². The van der Waals surface area contributed by atoms with Crippen LogP contribution in [-0.2, 0) is 6.54 Å². The summed E-state index contributed by atoms with van der Waals surface area (Å²) in [6, 6.07) is 15.5. The van der Waals surface area contributed by atoms with Gasteiger partial charge in [-0.25, -0.2) is 10.2 Å². The Bertz CT molecular complexity index is 661. The first kappa shape index (κ1) is 15.9. The molecule has 0 atom stereocenters. The van der Waals surface area contributed by atoms with Crippen LogP contribution in [0.2, 0.25) is 5.02 Å². The first-order valence-corrected chi connectivity index (χ1v) is 7.05. The highest BCUT2D eigenvalue weighted by molar-refractivity contribution is 6.30. The van der Waals surface area contributed by atoms with E-state index in [1.165, 1.54) is 4.90 Å². The van der Waals surface area contributed by atoms with Gasteiger partial charge in [0.05, 0.1) is 0 Å². The standard InChI is InChI=1S/C16H16ClN3O2/c1-20(11-12-6-5-9-14(17)10-12)16(22)19-18-15(21)13-7-3-2-4-8-13/h2-10H,11H2,1H3,(H,18,21)(H,19,22). The Morgan fingerprint density at radius 1 is 1.05 bits per heavy atom. The number of amides is 3. The Morgan fingerprint density at radius 2 is 1.77 bits per heavy atom. The van der Waals surface area contributed by atoms with Crippen LogP contribution < -0.4 is 10.9 Å². The number of benzene rings is 2. The van der Waals surface area contributed by atoms with Gasteiger partial charge >= 0.3 is 6.03 Å². The Kier molecular flexibility index (Phi) is 5.38. The van der Waals surface area contributed by atoms with Gasteiger partial charge in [0.25, 0.3) is 5.91 Å². The summed E-state index contributed by atoms with van der Waals surface area (Å²) in [5.74, 6) is -0.370. The van der Waals surface area contributed by atoms with E-state index in [4.69, 9.17) is 11.6 Å². The van der Waals surface area contributed by atoms with Crippen molar-refractivity contribution in [1.82, 2.24) is 15.8 Å². The van der Waals surface area contributed by atoms with Crippen molar-refractivity contribution in [3.05, 3.63) is 70.7 Å². The maximum Gasteiger partial charge on any atom is 0.336 e. The summed E-state index contributed by atoms with van der Waals surface area (Å²) >= 11 is 5.90. The first-order chi connectivity index (χ1) is 10.6. The molecule has 0 aliphatic heterocycles. The minimum absolute atomic E-state index is 0.370. The number of hydrazine groups is 1. The number of carbonyl (C=O) groups excluding carboxylic acids is 2. The molecule has 2 rings (SSSR count). The summed E-state index contributed by atoms with van der Waals surface area (Å²) in [6.07, 6.45) is 0. The lowest BCUT2D eigenvalue weighted by atomic mass is 10.2. The fourth-order valence-electron chi connectivity index (χ4n) is 1.85. The lowest BCUT2D eigenvalue weighted by molar-refractivity contribution is 0.0931. The van der Waals surface area contributed by atoms with Crippen molar-refractivity contribution in [2.75, 3.05) is 7.05 Å². The molecule has 22 heavy (non-hydrogen) atoms. The van der Waals surface area contributed by atoms with Crippen LogP contribution in [0, 0.1) is 0 Å². The highest BCUT2D eigenvalue weighted by atomic mass is 35.5. The van der Waals surface area contributed by atoms with Crippen LogP contribution in [0.1, 0.15) is 15.9 Å². The van der Waals surface area contributed by atoms with Crippen LogP contribution >= 0.6 is 11.6 Å². The topological polar surface area (TPSA) is 61.4 Å². The number of carbonyl (C=O) groups is 2. The second-order valence-corrected chi connectivity index (χ2v) is 5.17. The molecule has 0 aromatic heterocycles. The maximum absolute atomic E-state index is 11.9. The van der Waals surface area contributed by atoms with E-state index in [1.807, 2.05) is 18.2 Å². The molecule has 0 bridgehead atoms. The largest absolute Gasteiger partial charge is 0.336 e. The maximum atomic E-state index is 11.9. The van der Waals surface area contributed by atoms with Gasteiger partial charge in [-0.3, -0.25) is 10.2 Å². The third-order valence-corrected chi connectivity index (χ3v) is 3.21. The molecule has 0 spiro atoms. The second kappa shape index (κ2) is 7.47. The Morgan fingerprint density at radius 3 is 2.45 bits per heavy atom. The number of halogens is 1. The smallest absolute Gasteiger partial charge is 0.322 e. The van der Waals surface area contributed by atoms with Crippen molar-refractivity contribution in [2.24, 2.45) is 0 Å². The number of hydrogen-bond acceptors (Lipinski definition) is 2. The van der Waals surface area contributed by atoms with Gasteiger partial charge in [-0.05, 0) is 29.8 Å². The van der Waals surface area contributed by atoms with Crippen LogP contribution in [0.25, 0.3) is 0 Å². The summed E-state index contributed by atoms with van der Waals surface area (Å²) in [6.45, 7) is 0.383. The van der Waals surface area contributed by atoms with Gasteiger partial charge in [-0.15, -0.1) is 0 Å². The van der Waals surface area contributed by atoms with Crippen LogP contribution in [0.3, 0.4) is 0 Å². The predicted octanol–water partition coefficient (Wildman–Crippen LogP) is 2.83.